The van der Waals surface area contributed by atoms with Crippen molar-refractivity contribution in [3.05, 3.63) is 81.6 Å². The minimum Gasteiger partial charge on any atom is -0.467 e. The maximum atomic E-state index is 12.9. The summed E-state index contributed by atoms with van der Waals surface area (Å²) < 4.78 is 32.7. The van der Waals surface area contributed by atoms with Gasteiger partial charge >= 0.3 is 5.97 Å². The summed E-state index contributed by atoms with van der Waals surface area (Å²) in [5.74, 6) is 1.38. The molecule has 3 aliphatic rings. The van der Waals surface area contributed by atoms with E-state index >= 15 is 0 Å². The zero-order chi connectivity index (χ0) is 23.2. The monoisotopic (exact) mass is 478 g/mol. The Labute approximate surface area is 198 Å². The molecule has 0 saturated heterocycles. The summed E-state index contributed by atoms with van der Waals surface area (Å²) in [6.07, 6.45) is 1.58. The quantitative estimate of drug-likeness (QED) is 0.302. The lowest BCUT2D eigenvalue weighted by Gasteiger charge is -2.20. The molecule has 3 aliphatic heterocycles. The van der Waals surface area contributed by atoms with E-state index in [2.05, 4.69) is 0 Å². The lowest BCUT2D eigenvalue weighted by molar-refractivity contribution is -0.0165. The number of ether oxygens (including phenoxy) is 6. The van der Waals surface area contributed by atoms with E-state index in [4.69, 9.17) is 40.0 Å². The average Bonchev–Trinajstić information content (AvgIpc) is 3.42. The van der Waals surface area contributed by atoms with Crippen LogP contribution in [0.25, 0.3) is 6.08 Å². The highest BCUT2D eigenvalue weighted by Gasteiger charge is 2.29. The molecule has 8 nitrogen and oxygen atoms in total. The molecule has 34 heavy (non-hydrogen) atoms. The molecular formula is C25H15ClO8. The van der Waals surface area contributed by atoms with Gasteiger partial charge in [-0.1, -0.05) is 11.6 Å². The van der Waals surface area contributed by atoms with Crippen LogP contribution >= 0.6 is 11.6 Å². The van der Waals surface area contributed by atoms with Crippen LogP contribution in [-0.4, -0.2) is 25.3 Å². The molecule has 170 valence electrons. The van der Waals surface area contributed by atoms with E-state index in [-0.39, 0.29) is 36.6 Å². The summed E-state index contributed by atoms with van der Waals surface area (Å²) in [5.41, 5.74) is 2.05. The second kappa shape index (κ2) is 8.09. The van der Waals surface area contributed by atoms with Gasteiger partial charge in [-0.25, -0.2) is 4.79 Å². The van der Waals surface area contributed by atoms with E-state index < -0.39 is 5.97 Å². The molecule has 0 amide bonds. The molecule has 0 spiro atoms. The summed E-state index contributed by atoms with van der Waals surface area (Å²) in [6, 6.07) is 12.8. The molecule has 0 radical (unpaired) electrons. The summed E-state index contributed by atoms with van der Waals surface area (Å²) in [6.45, 7) is 0.578. The maximum Gasteiger partial charge on any atom is 0.343 e. The van der Waals surface area contributed by atoms with Crippen LogP contribution in [0.5, 0.6) is 28.7 Å². The van der Waals surface area contributed by atoms with Gasteiger partial charge in [-0.15, -0.1) is 0 Å². The van der Waals surface area contributed by atoms with Gasteiger partial charge in [0.2, 0.25) is 12.6 Å². The minimum atomic E-state index is -0.580. The van der Waals surface area contributed by atoms with Crippen LogP contribution in [0.2, 0.25) is 5.02 Å². The second-order valence-electron chi connectivity index (χ2n) is 7.65. The van der Waals surface area contributed by atoms with E-state index in [0.29, 0.717) is 45.6 Å². The van der Waals surface area contributed by atoms with Crippen molar-refractivity contribution < 1.29 is 38.0 Å². The number of Topliss-reactive ketones (excluding diaryl/α,β-unsaturated/α-hetero) is 1. The number of halogens is 1. The number of hydrogen-bond donors (Lipinski definition) is 0. The minimum absolute atomic E-state index is 0.105. The number of ketones is 1. The summed E-state index contributed by atoms with van der Waals surface area (Å²) in [4.78, 5) is 25.5. The van der Waals surface area contributed by atoms with Crippen LogP contribution in [-0.2, 0) is 11.3 Å². The molecule has 0 aromatic heterocycles. The van der Waals surface area contributed by atoms with Gasteiger partial charge in [-0.3, -0.25) is 4.79 Å². The van der Waals surface area contributed by atoms with Gasteiger partial charge in [-0.05, 0) is 48.5 Å². The van der Waals surface area contributed by atoms with E-state index in [1.807, 2.05) is 0 Å². The van der Waals surface area contributed by atoms with Crippen LogP contribution in [0, 0.1) is 0 Å². The Morgan fingerprint density at radius 1 is 0.941 bits per heavy atom. The molecule has 3 aromatic rings. The molecule has 0 unspecified atom stereocenters. The van der Waals surface area contributed by atoms with Gasteiger partial charge in [0.25, 0.3) is 0 Å². The lowest BCUT2D eigenvalue weighted by Crippen LogP contribution is -2.12. The SMILES string of the molecule is O=C(Oc1ccc2c(c1)O/C(=C\c1cc(Cl)cc3c1OCOC3)C2=O)c1ccc2c(c1)OCO2. The topological polar surface area (TPSA) is 89.5 Å². The summed E-state index contributed by atoms with van der Waals surface area (Å²) >= 11 is 6.21. The third-order valence-electron chi connectivity index (χ3n) is 5.45. The van der Waals surface area contributed by atoms with Crippen molar-refractivity contribution in [2.45, 2.75) is 6.61 Å². The van der Waals surface area contributed by atoms with Crippen LogP contribution < -0.4 is 23.7 Å². The standard InChI is InChI=1S/C25H15ClO8/c26-16-5-14(24-15(6-16)10-29-11-32-24)8-22-23(27)18-3-2-17(9-20(18)34-22)33-25(28)13-1-4-19-21(7-13)31-12-30-19/h1-9H,10-12H2/b22-8-. The molecule has 0 atom stereocenters. The number of hydrogen-bond acceptors (Lipinski definition) is 8. The molecule has 0 bridgehead atoms. The molecule has 0 N–H and O–H groups in total. The van der Waals surface area contributed by atoms with Gasteiger partial charge < -0.3 is 28.4 Å². The smallest absolute Gasteiger partial charge is 0.343 e. The number of rotatable bonds is 3. The Balaban J connectivity index is 1.25. The van der Waals surface area contributed by atoms with Crippen molar-refractivity contribution in [3.63, 3.8) is 0 Å². The van der Waals surface area contributed by atoms with Crippen molar-refractivity contribution in [1.29, 1.82) is 0 Å². The number of carbonyl (C=O) groups is 2. The first-order chi connectivity index (χ1) is 16.5. The Morgan fingerprint density at radius 2 is 1.82 bits per heavy atom. The first-order valence-corrected chi connectivity index (χ1v) is 10.7. The fraction of sp³-hybridized carbons (Fsp3) is 0.120. The van der Waals surface area contributed by atoms with Crippen molar-refractivity contribution in [3.8, 4) is 28.7 Å². The van der Waals surface area contributed by atoms with Crippen molar-refractivity contribution in [2.75, 3.05) is 13.6 Å². The number of allylic oxidation sites excluding steroid dienone is 1. The van der Waals surface area contributed by atoms with Crippen molar-refractivity contribution in [1.82, 2.24) is 0 Å². The Kier molecular flexibility index (Phi) is 4.90. The largest absolute Gasteiger partial charge is 0.467 e. The molecule has 3 heterocycles. The summed E-state index contributed by atoms with van der Waals surface area (Å²) in [7, 11) is 0. The van der Waals surface area contributed by atoms with Crippen LogP contribution in [0.4, 0.5) is 0 Å². The molecule has 0 fully saturated rings. The summed E-state index contributed by atoms with van der Waals surface area (Å²) in [5, 5.41) is 0.486. The van der Waals surface area contributed by atoms with Gasteiger partial charge in [0, 0.05) is 22.2 Å². The van der Waals surface area contributed by atoms with Crippen molar-refractivity contribution >= 4 is 29.4 Å². The predicted molar refractivity (Wildman–Crippen MR) is 119 cm³/mol. The molecule has 6 rings (SSSR count). The zero-order valence-electron chi connectivity index (χ0n) is 17.5. The fourth-order valence-corrected chi connectivity index (χ4v) is 4.13. The van der Waals surface area contributed by atoms with Crippen LogP contribution in [0.1, 0.15) is 31.8 Å². The number of carbonyl (C=O) groups excluding carboxylic acids is 2. The van der Waals surface area contributed by atoms with Gasteiger partial charge in [0.1, 0.15) is 17.2 Å². The Hall–Kier alpha value is -4.01. The highest BCUT2D eigenvalue weighted by Crippen LogP contribution is 2.38. The van der Waals surface area contributed by atoms with E-state index in [9.17, 15) is 9.59 Å². The zero-order valence-corrected chi connectivity index (χ0v) is 18.2. The number of esters is 1. The second-order valence-corrected chi connectivity index (χ2v) is 8.09. The van der Waals surface area contributed by atoms with E-state index in [1.165, 1.54) is 12.1 Å². The Bertz CT molecular complexity index is 1390. The molecule has 0 saturated carbocycles. The number of benzene rings is 3. The van der Waals surface area contributed by atoms with E-state index in [0.717, 1.165) is 5.56 Å². The maximum absolute atomic E-state index is 12.9. The molecule has 0 aliphatic carbocycles. The normalized spacial score (nSPS) is 16.5. The lowest BCUT2D eigenvalue weighted by atomic mass is 10.1. The molecule has 9 heteroatoms. The molecule has 3 aromatic carbocycles. The molecular weight excluding hydrogens is 464 g/mol. The predicted octanol–water partition coefficient (Wildman–Crippen LogP) is 4.77. The van der Waals surface area contributed by atoms with Gasteiger partial charge in [0.15, 0.2) is 24.1 Å². The fourth-order valence-electron chi connectivity index (χ4n) is 3.88. The first-order valence-electron chi connectivity index (χ1n) is 10.3. The Morgan fingerprint density at radius 3 is 2.74 bits per heavy atom. The third-order valence-corrected chi connectivity index (χ3v) is 5.67. The van der Waals surface area contributed by atoms with Gasteiger partial charge in [-0.2, -0.15) is 0 Å². The van der Waals surface area contributed by atoms with Crippen LogP contribution in [0.15, 0.2) is 54.3 Å². The third kappa shape index (κ3) is 3.63. The number of fused-ring (bicyclic) bond motifs is 3. The van der Waals surface area contributed by atoms with Crippen molar-refractivity contribution in [2.24, 2.45) is 0 Å². The highest BCUT2D eigenvalue weighted by molar-refractivity contribution is 6.31. The highest BCUT2D eigenvalue weighted by atomic mass is 35.5. The van der Waals surface area contributed by atoms with Crippen LogP contribution in [0.3, 0.4) is 0 Å². The van der Waals surface area contributed by atoms with E-state index in [1.54, 1.807) is 42.5 Å². The average molecular weight is 479 g/mol. The first kappa shape index (κ1) is 20.6. The van der Waals surface area contributed by atoms with Gasteiger partial charge in [0.05, 0.1) is 17.7 Å².